The van der Waals surface area contributed by atoms with Gasteiger partial charge in [-0.05, 0) is 24.3 Å². The number of nitrogens with zero attached hydrogens (tertiary/aromatic N) is 5. The van der Waals surface area contributed by atoms with Crippen LogP contribution in [-0.2, 0) is 0 Å². The Hall–Kier alpha value is -3.45. The van der Waals surface area contributed by atoms with Crippen LogP contribution in [0.15, 0.2) is 94.3 Å². The molecule has 0 unspecified atom stereocenters. The molecular weight excluding hydrogens is 344 g/mol. The molecule has 0 saturated heterocycles. The van der Waals surface area contributed by atoms with E-state index in [1.54, 1.807) is 6.20 Å². The van der Waals surface area contributed by atoms with Crippen LogP contribution in [0.3, 0.4) is 0 Å². The van der Waals surface area contributed by atoms with Crippen molar-refractivity contribution in [3.8, 4) is 0 Å². The fourth-order valence-electron chi connectivity index (χ4n) is 2.26. The summed E-state index contributed by atoms with van der Waals surface area (Å²) in [5, 5.41) is 13.5. The molecule has 6 nitrogen and oxygen atoms in total. The number of benzene rings is 2. The number of hydrogen-bond acceptors (Lipinski definition) is 6. The fraction of sp³-hybridized carbons (Fsp3) is 0. The average Bonchev–Trinajstić information content (AvgIpc) is 3.12. The third-order valence-electron chi connectivity index (χ3n) is 3.49. The number of azo groups is 1. The molecule has 2 heterocycles. The molecule has 4 aromatic rings. The van der Waals surface area contributed by atoms with Gasteiger partial charge in [0.05, 0.1) is 10.2 Å². The molecule has 0 atom stereocenters. The minimum atomic E-state index is 0.454. The van der Waals surface area contributed by atoms with Crippen molar-refractivity contribution in [1.82, 2.24) is 9.97 Å². The first-order valence-electron chi connectivity index (χ1n) is 7.96. The normalized spacial score (nSPS) is 11.9. The van der Waals surface area contributed by atoms with Crippen LogP contribution in [0.5, 0.6) is 0 Å². The van der Waals surface area contributed by atoms with E-state index in [1.807, 2.05) is 72.8 Å². The van der Waals surface area contributed by atoms with E-state index in [0.29, 0.717) is 16.8 Å². The lowest BCUT2D eigenvalue weighted by Gasteiger charge is -2.02. The Labute approximate surface area is 154 Å². The lowest BCUT2D eigenvalue weighted by molar-refractivity contribution is 1.18. The molecule has 2 aromatic carbocycles. The predicted molar refractivity (Wildman–Crippen MR) is 105 cm³/mol. The Bertz CT molecular complexity index is 1020. The molecule has 0 spiro atoms. The van der Waals surface area contributed by atoms with Gasteiger partial charge in [0.15, 0.2) is 0 Å². The van der Waals surface area contributed by atoms with Crippen molar-refractivity contribution < 1.29 is 0 Å². The first kappa shape index (κ1) is 16.0. The molecule has 0 fully saturated rings. The van der Waals surface area contributed by atoms with Crippen LogP contribution in [0.4, 0.5) is 10.9 Å². The molecule has 126 valence electrons. The summed E-state index contributed by atoms with van der Waals surface area (Å²) in [6.45, 7) is 0. The quantitative estimate of drug-likeness (QED) is 0.234. The average molecular weight is 358 g/mol. The minimum absolute atomic E-state index is 0.454. The number of aromatic nitrogens is 2. The summed E-state index contributed by atoms with van der Waals surface area (Å²) < 4.78 is 1.08. The Balaban J connectivity index is 1.64. The number of rotatable bonds is 4. The number of nitrogens with one attached hydrogen (secondary N) is 1. The van der Waals surface area contributed by atoms with E-state index < -0.39 is 0 Å². The molecule has 0 amide bonds. The van der Waals surface area contributed by atoms with Gasteiger partial charge in [0, 0.05) is 11.8 Å². The zero-order valence-corrected chi connectivity index (χ0v) is 14.5. The van der Waals surface area contributed by atoms with Crippen molar-refractivity contribution >= 4 is 38.3 Å². The second-order valence-electron chi connectivity index (χ2n) is 5.29. The molecule has 7 heteroatoms. The maximum Gasteiger partial charge on any atom is 0.231 e. The summed E-state index contributed by atoms with van der Waals surface area (Å²) >= 11 is 1.49. The van der Waals surface area contributed by atoms with Crippen molar-refractivity contribution in [2.24, 2.45) is 15.3 Å². The standard InChI is InChI=1S/C19H14N6S/c1-2-8-14(9-3-1)18(23-22-17-12-6-7-13-20-17)24-25-19-21-15-10-4-5-11-16(15)26-19/h1-13H,(H,20,22). The molecule has 0 saturated carbocycles. The highest BCUT2D eigenvalue weighted by Crippen LogP contribution is 2.28. The van der Waals surface area contributed by atoms with E-state index in [0.717, 1.165) is 15.8 Å². The third kappa shape index (κ3) is 3.79. The van der Waals surface area contributed by atoms with Crippen molar-refractivity contribution in [2.75, 3.05) is 5.43 Å². The van der Waals surface area contributed by atoms with Crippen LogP contribution in [0, 0.1) is 0 Å². The summed E-state index contributed by atoms with van der Waals surface area (Å²) in [5.74, 6) is 1.09. The van der Waals surface area contributed by atoms with Gasteiger partial charge in [-0.25, -0.2) is 9.97 Å². The Morgan fingerprint density at radius 1 is 0.885 bits per heavy atom. The van der Waals surface area contributed by atoms with Gasteiger partial charge >= 0.3 is 0 Å². The molecule has 0 bridgehead atoms. The maximum atomic E-state index is 4.47. The van der Waals surface area contributed by atoms with E-state index in [1.165, 1.54) is 11.3 Å². The zero-order valence-electron chi connectivity index (χ0n) is 13.6. The van der Waals surface area contributed by atoms with Crippen molar-refractivity contribution in [2.45, 2.75) is 0 Å². The third-order valence-corrected chi connectivity index (χ3v) is 4.41. The van der Waals surface area contributed by atoms with Gasteiger partial charge in [0.25, 0.3) is 0 Å². The molecule has 0 radical (unpaired) electrons. The van der Waals surface area contributed by atoms with Crippen LogP contribution in [0.25, 0.3) is 10.2 Å². The largest absolute Gasteiger partial charge is 0.259 e. The lowest BCUT2D eigenvalue weighted by Crippen LogP contribution is -2.01. The van der Waals surface area contributed by atoms with E-state index >= 15 is 0 Å². The molecular formula is C19H14N6S. The van der Waals surface area contributed by atoms with Gasteiger partial charge < -0.3 is 0 Å². The van der Waals surface area contributed by atoms with Crippen molar-refractivity contribution in [3.63, 3.8) is 0 Å². The molecule has 0 aliphatic rings. The number of hydrogen-bond donors (Lipinski definition) is 1. The second kappa shape index (κ2) is 7.62. The van der Waals surface area contributed by atoms with Crippen LogP contribution in [0.1, 0.15) is 5.56 Å². The SMILES string of the molecule is c1ccc(C(N=Nc2nc3ccccc3s2)=NNc2ccccn2)cc1. The Kier molecular flexibility index (Phi) is 4.70. The van der Waals surface area contributed by atoms with E-state index in [2.05, 4.69) is 30.7 Å². The van der Waals surface area contributed by atoms with Crippen LogP contribution < -0.4 is 5.43 Å². The van der Waals surface area contributed by atoms with E-state index in [9.17, 15) is 0 Å². The number of para-hydroxylation sites is 1. The monoisotopic (exact) mass is 358 g/mol. The summed E-state index contributed by atoms with van der Waals surface area (Å²) in [5.41, 5.74) is 4.67. The summed E-state index contributed by atoms with van der Waals surface area (Å²) in [6.07, 6.45) is 1.70. The first-order valence-corrected chi connectivity index (χ1v) is 8.77. The van der Waals surface area contributed by atoms with Crippen molar-refractivity contribution in [3.05, 3.63) is 84.6 Å². The Morgan fingerprint density at radius 2 is 1.69 bits per heavy atom. The highest BCUT2D eigenvalue weighted by molar-refractivity contribution is 7.21. The van der Waals surface area contributed by atoms with E-state index in [4.69, 9.17) is 0 Å². The number of fused-ring (bicyclic) bond motifs is 1. The molecule has 2 aromatic heterocycles. The Morgan fingerprint density at radius 3 is 2.50 bits per heavy atom. The van der Waals surface area contributed by atoms with Crippen molar-refractivity contribution in [1.29, 1.82) is 0 Å². The molecule has 0 aliphatic carbocycles. The molecule has 26 heavy (non-hydrogen) atoms. The molecule has 4 rings (SSSR count). The number of pyridine rings is 1. The van der Waals surface area contributed by atoms with Gasteiger partial charge in [0.2, 0.25) is 11.0 Å². The van der Waals surface area contributed by atoms with Crippen LogP contribution in [0.2, 0.25) is 0 Å². The summed E-state index contributed by atoms with van der Waals surface area (Å²) in [6, 6.07) is 23.1. The van der Waals surface area contributed by atoms with Gasteiger partial charge in [-0.3, -0.25) is 5.43 Å². The highest BCUT2D eigenvalue weighted by atomic mass is 32.1. The predicted octanol–water partition coefficient (Wildman–Crippen LogP) is 5.25. The van der Waals surface area contributed by atoms with Gasteiger partial charge in [-0.2, -0.15) is 5.10 Å². The number of anilines is 1. The smallest absolute Gasteiger partial charge is 0.231 e. The molecule has 1 N–H and O–H groups in total. The van der Waals surface area contributed by atoms with E-state index in [-0.39, 0.29) is 0 Å². The van der Waals surface area contributed by atoms with Gasteiger partial charge in [-0.1, -0.05) is 59.9 Å². The minimum Gasteiger partial charge on any atom is -0.259 e. The number of thiazole rings is 1. The van der Waals surface area contributed by atoms with Crippen LogP contribution >= 0.6 is 11.3 Å². The fourth-order valence-corrected chi connectivity index (χ4v) is 3.05. The highest BCUT2D eigenvalue weighted by Gasteiger charge is 2.05. The zero-order chi connectivity index (χ0) is 17.6. The summed E-state index contributed by atoms with van der Waals surface area (Å²) in [4.78, 5) is 8.66. The van der Waals surface area contributed by atoms with Gasteiger partial charge in [-0.15, -0.1) is 10.2 Å². The second-order valence-corrected chi connectivity index (χ2v) is 6.30. The maximum absolute atomic E-state index is 4.47. The lowest BCUT2D eigenvalue weighted by atomic mass is 10.2. The number of hydrazone groups is 1. The van der Waals surface area contributed by atoms with Gasteiger partial charge in [0.1, 0.15) is 5.82 Å². The first-order chi connectivity index (χ1) is 12.9. The topological polar surface area (TPSA) is 74.9 Å². The van der Waals surface area contributed by atoms with Crippen LogP contribution in [-0.4, -0.2) is 15.8 Å². The molecule has 0 aliphatic heterocycles. The number of amidine groups is 1. The summed E-state index contributed by atoms with van der Waals surface area (Å²) in [7, 11) is 0.